The number of likely N-dealkylation sites (tertiary alicyclic amines) is 2. The molecule has 26 heteroatoms. The summed E-state index contributed by atoms with van der Waals surface area (Å²) in [4.78, 5) is 131. The van der Waals surface area contributed by atoms with Crippen molar-refractivity contribution in [3.63, 3.8) is 0 Å². The summed E-state index contributed by atoms with van der Waals surface area (Å²) in [5.41, 5.74) is 17.1. The van der Waals surface area contributed by atoms with Crippen LogP contribution in [0.1, 0.15) is 83.7 Å². The fourth-order valence-corrected chi connectivity index (χ4v) is 8.59. The molecule has 0 radical (unpaired) electrons. The lowest BCUT2D eigenvalue weighted by Crippen LogP contribution is -2.60. The molecule has 26 nitrogen and oxygen atoms in total. The number of aliphatic carboxylic acids is 2. The molecule has 0 bridgehead atoms. The maximum atomic E-state index is 14.4. The van der Waals surface area contributed by atoms with Crippen LogP contribution >= 0.6 is 0 Å². The summed E-state index contributed by atoms with van der Waals surface area (Å²) in [5, 5.41) is 43.2. The molecular formula is C46H70N14O12. The zero-order valence-corrected chi connectivity index (χ0v) is 40.6. The third-order valence-corrected chi connectivity index (χ3v) is 12.1. The molecule has 3 heterocycles. The number of H-pyrrole nitrogens is 1. The first-order chi connectivity index (χ1) is 34.3. The van der Waals surface area contributed by atoms with Crippen LogP contribution in [0.4, 0.5) is 0 Å². The quantitative estimate of drug-likeness (QED) is 0.0225. The van der Waals surface area contributed by atoms with Crippen LogP contribution in [0, 0.1) is 11.3 Å². The number of carboxylic acid groups (broad SMARTS) is 2. The summed E-state index contributed by atoms with van der Waals surface area (Å²) in [6.07, 6.45) is 2.72. The third-order valence-electron chi connectivity index (χ3n) is 12.1. The summed E-state index contributed by atoms with van der Waals surface area (Å²) in [6.45, 7) is 3.58. The van der Waals surface area contributed by atoms with Crippen molar-refractivity contribution in [2.75, 3.05) is 32.7 Å². The molecule has 2 aliphatic heterocycles. The number of aromatic nitrogens is 2. The number of imidazole rings is 1. The number of aromatic amines is 1. The highest BCUT2D eigenvalue weighted by atomic mass is 16.5. The van der Waals surface area contributed by atoms with E-state index in [0.717, 1.165) is 4.90 Å². The minimum atomic E-state index is -1.77. The molecule has 2 saturated heterocycles. The molecule has 2 fully saturated rings. The Kier molecular flexibility index (Phi) is 22.6. The molecule has 396 valence electrons. The van der Waals surface area contributed by atoms with Crippen LogP contribution in [0.25, 0.3) is 0 Å². The van der Waals surface area contributed by atoms with E-state index in [2.05, 4.69) is 41.9 Å². The third kappa shape index (κ3) is 17.5. The smallest absolute Gasteiger partial charge is 0.330 e. The Morgan fingerprint density at radius 3 is 2.04 bits per heavy atom. The van der Waals surface area contributed by atoms with Gasteiger partial charge in [-0.2, -0.15) is 0 Å². The van der Waals surface area contributed by atoms with E-state index in [0.29, 0.717) is 30.7 Å². The number of carbonyl (C=O) groups is 9. The van der Waals surface area contributed by atoms with Crippen molar-refractivity contribution >= 4 is 59.2 Å². The van der Waals surface area contributed by atoms with Gasteiger partial charge in [0.1, 0.15) is 48.1 Å². The number of para-hydroxylation sites is 1. The number of nitrogens with one attached hydrogen (secondary N) is 8. The number of unbranched alkanes of at least 4 members (excludes halogenated alkanes) is 1. The SMILES string of the molecule is CC(C)C[C@H](NC(=O)[C@@H]1CCCN1C(=O)[C@H](CCCNC(=N)N)NC(=O)[C@H](Cc1c[nH]cn1)NC(=O)CN)C(=O)N[C@@H](CC(=O)O)C(=O)N[C@@H](CCCCN)C(=O)N1CCC(Oc2ccccc2)[C@H]1C(=O)O. The van der Waals surface area contributed by atoms with Crippen molar-refractivity contribution in [3.8, 4) is 5.75 Å². The lowest BCUT2D eigenvalue weighted by atomic mass is 10.0. The molecule has 16 N–H and O–H groups in total. The molecule has 7 amide bonds. The Morgan fingerprint density at radius 1 is 0.806 bits per heavy atom. The zero-order valence-electron chi connectivity index (χ0n) is 40.6. The average molecular weight is 1010 g/mol. The molecule has 0 spiro atoms. The molecule has 1 unspecified atom stereocenters. The lowest BCUT2D eigenvalue weighted by Gasteiger charge is -2.31. The van der Waals surface area contributed by atoms with E-state index in [1.807, 2.05) is 0 Å². The number of nitrogens with zero attached hydrogens (tertiary/aromatic N) is 3. The van der Waals surface area contributed by atoms with Gasteiger partial charge in [0, 0.05) is 38.7 Å². The Labute approximate surface area is 416 Å². The van der Waals surface area contributed by atoms with Gasteiger partial charge in [0.25, 0.3) is 0 Å². The number of hydrogen-bond donors (Lipinski definition) is 13. The highest BCUT2D eigenvalue weighted by Crippen LogP contribution is 2.26. The van der Waals surface area contributed by atoms with Crippen LogP contribution in [0.15, 0.2) is 42.9 Å². The monoisotopic (exact) mass is 1010 g/mol. The first-order valence-electron chi connectivity index (χ1n) is 24.1. The number of benzene rings is 1. The molecule has 8 atom stereocenters. The Balaban J connectivity index is 1.52. The number of hydrogen-bond acceptors (Lipinski definition) is 14. The van der Waals surface area contributed by atoms with Crippen molar-refractivity contribution in [3.05, 3.63) is 48.5 Å². The first-order valence-corrected chi connectivity index (χ1v) is 24.1. The van der Waals surface area contributed by atoms with Gasteiger partial charge in [-0.1, -0.05) is 32.0 Å². The Bertz CT molecular complexity index is 2180. The van der Waals surface area contributed by atoms with Crippen LogP contribution in [-0.4, -0.2) is 170 Å². The van der Waals surface area contributed by atoms with Crippen LogP contribution in [-0.2, 0) is 49.6 Å². The second-order valence-corrected chi connectivity index (χ2v) is 18.1. The van der Waals surface area contributed by atoms with Crippen molar-refractivity contribution in [1.29, 1.82) is 5.41 Å². The van der Waals surface area contributed by atoms with Crippen molar-refractivity contribution in [2.45, 2.75) is 133 Å². The lowest BCUT2D eigenvalue weighted by molar-refractivity contribution is -0.152. The van der Waals surface area contributed by atoms with Gasteiger partial charge in [0.05, 0.1) is 25.0 Å². The van der Waals surface area contributed by atoms with Crippen molar-refractivity contribution in [1.82, 2.24) is 51.7 Å². The molecule has 72 heavy (non-hydrogen) atoms. The molecule has 0 saturated carbocycles. The number of carbonyl (C=O) groups excluding carboxylic acids is 7. The van der Waals surface area contributed by atoms with E-state index in [1.54, 1.807) is 44.2 Å². The number of carboxylic acids is 2. The molecule has 1 aromatic heterocycles. The summed E-state index contributed by atoms with van der Waals surface area (Å²) in [5.74, 6) is -8.47. The van der Waals surface area contributed by atoms with Crippen LogP contribution in [0.2, 0.25) is 0 Å². The molecule has 0 aliphatic carbocycles. The standard InChI is InChI=1S/C46H70N14O12/c1-26(2)20-31(58-42(67)34-14-9-18-59(34)43(68)30(13-8-17-52-46(49)50)56-40(65)32(54-36(61)23-48)21-27-24-51-25-53-27)39(64)57-33(22-37(62)63)41(66)55-29(12-6-7-16-47)44(69)60-19-15-35(38(60)45(70)71)72-28-10-4-3-5-11-28/h3-5,10-11,24-26,29-35,38H,6-9,12-23,47-48H2,1-2H3,(H,51,53)(H,54,61)(H,55,66)(H,56,65)(H,57,64)(H,58,67)(H,62,63)(H,70,71)(H4,49,50,52)/t29-,30-,31-,32-,33-,34-,35?,38-/m0/s1. The van der Waals surface area contributed by atoms with Gasteiger partial charge in [-0.3, -0.25) is 43.8 Å². The predicted molar refractivity (Wildman–Crippen MR) is 258 cm³/mol. The van der Waals surface area contributed by atoms with E-state index in [-0.39, 0.29) is 83.0 Å². The molecule has 1 aromatic carbocycles. The maximum Gasteiger partial charge on any atom is 0.330 e. The topological polar surface area (TPSA) is 413 Å². The number of ether oxygens (including phenoxy) is 1. The summed E-state index contributed by atoms with van der Waals surface area (Å²) >= 11 is 0. The maximum absolute atomic E-state index is 14.4. The molecular weight excluding hydrogens is 941 g/mol. The number of nitrogens with two attached hydrogens (primary N) is 3. The minimum absolute atomic E-state index is 0.00153. The van der Waals surface area contributed by atoms with Gasteiger partial charge in [-0.05, 0) is 76.0 Å². The first kappa shape index (κ1) is 57.2. The molecule has 2 aliphatic rings. The van der Waals surface area contributed by atoms with E-state index in [9.17, 15) is 53.4 Å². The van der Waals surface area contributed by atoms with Gasteiger partial charge < -0.3 is 78.8 Å². The van der Waals surface area contributed by atoms with E-state index in [1.165, 1.54) is 17.4 Å². The Hall–Kier alpha value is -7.35. The average Bonchev–Trinajstić information content (AvgIpc) is 4.13. The fraction of sp³-hybridized carbons (Fsp3) is 0.587. The molecule has 4 rings (SSSR count). The van der Waals surface area contributed by atoms with Gasteiger partial charge in [-0.15, -0.1) is 0 Å². The molecule has 2 aromatic rings. The van der Waals surface area contributed by atoms with Gasteiger partial charge >= 0.3 is 11.9 Å². The van der Waals surface area contributed by atoms with Crippen LogP contribution in [0.5, 0.6) is 5.75 Å². The summed E-state index contributed by atoms with van der Waals surface area (Å²) in [7, 11) is 0. The van der Waals surface area contributed by atoms with Gasteiger partial charge in [0.15, 0.2) is 12.0 Å². The number of guanidine groups is 1. The van der Waals surface area contributed by atoms with Crippen molar-refractivity contribution in [2.24, 2.45) is 23.1 Å². The van der Waals surface area contributed by atoms with Crippen LogP contribution in [0.3, 0.4) is 0 Å². The predicted octanol–water partition coefficient (Wildman–Crippen LogP) is -2.63. The van der Waals surface area contributed by atoms with Crippen LogP contribution < -0.4 is 53.8 Å². The zero-order chi connectivity index (χ0) is 52.9. The summed E-state index contributed by atoms with van der Waals surface area (Å²) in [6, 6.07) is -0.994. The minimum Gasteiger partial charge on any atom is -0.488 e. The number of amides is 7. The largest absolute Gasteiger partial charge is 0.488 e. The van der Waals surface area contributed by atoms with Crippen molar-refractivity contribution < 1.29 is 58.1 Å². The van der Waals surface area contributed by atoms with E-state index < -0.39 is 115 Å². The second kappa shape index (κ2) is 28.5. The van der Waals surface area contributed by atoms with E-state index in [4.69, 9.17) is 27.3 Å². The normalized spacial score (nSPS) is 18.4. The fourth-order valence-electron chi connectivity index (χ4n) is 8.59. The highest BCUT2D eigenvalue weighted by molar-refractivity contribution is 5.98. The second-order valence-electron chi connectivity index (χ2n) is 18.1. The van der Waals surface area contributed by atoms with Gasteiger partial charge in [0.2, 0.25) is 41.4 Å². The summed E-state index contributed by atoms with van der Waals surface area (Å²) < 4.78 is 5.94. The van der Waals surface area contributed by atoms with E-state index >= 15 is 0 Å². The number of rotatable bonds is 29. The highest BCUT2D eigenvalue weighted by Gasteiger charge is 2.46. The van der Waals surface area contributed by atoms with Gasteiger partial charge in [-0.25, -0.2) is 9.78 Å². The Morgan fingerprint density at radius 2 is 1.44 bits per heavy atom.